The van der Waals surface area contributed by atoms with Gasteiger partial charge in [-0.15, -0.1) is 0 Å². The van der Waals surface area contributed by atoms with E-state index in [4.69, 9.17) is 0 Å². The fourth-order valence-corrected chi connectivity index (χ4v) is 3.02. The van der Waals surface area contributed by atoms with E-state index in [2.05, 4.69) is 35.1 Å². The van der Waals surface area contributed by atoms with Gasteiger partial charge < -0.3 is 5.32 Å². The van der Waals surface area contributed by atoms with E-state index in [0.717, 1.165) is 12.4 Å². The van der Waals surface area contributed by atoms with E-state index >= 15 is 0 Å². The van der Waals surface area contributed by atoms with Gasteiger partial charge in [0.1, 0.15) is 5.82 Å². The van der Waals surface area contributed by atoms with Gasteiger partial charge in [0.2, 0.25) is 0 Å². The highest BCUT2D eigenvalue weighted by Crippen LogP contribution is 2.37. The molecule has 0 aliphatic carbocycles. The molecule has 3 nitrogen and oxygen atoms in total. The molecule has 0 saturated carbocycles. The maximum Gasteiger partial charge on any atom is 0.130 e. The Kier molecular flexibility index (Phi) is 4.23. The van der Waals surface area contributed by atoms with Crippen LogP contribution in [0, 0.1) is 5.41 Å². The lowest BCUT2D eigenvalue weighted by molar-refractivity contribution is 0.236. The number of hydrogen-bond acceptors (Lipinski definition) is 3. The molecule has 1 aromatic heterocycles. The van der Waals surface area contributed by atoms with Crippen LogP contribution in [0.2, 0.25) is 0 Å². The molecule has 0 atom stereocenters. The lowest BCUT2D eigenvalue weighted by Crippen LogP contribution is -2.26. The maximum atomic E-state index is 4.38. The van der Waals surface area contributed by atoms with Gasteiger partial charge in [-0.05, 0) is 37.3 Å². The molecule has 2 rings (SSSR count). The molecule has 0 amide bonds. The first kappa shape index (κ1) is 13.3. The Morgan fingerprint density at radius 2 is 2.17 bits per heavy atom. The molecule has 0 bridgehead atoms. The van der Waals surface area contributed by atoms with Crippen LogP contribution in [0.4, 0.5) is 5.82 Å². The van der Waals surface area contributed by atoms with E-state index in [-0.39, 0.29) is 0 Å². The van der Waals surface area contributed by atoms with Crippen LogP contribution in [0.3, 0.4) is 0 Å². The van der Waals surface area contributed by atoms with Gasteiger partial charge in [0.25, 0.3) is 0 Å². The zero-order valence-corrected chi connectivity index (χ0v) is 11.9. The van der Waals surface area contributed by atoms with Crippen molar-refractivity contribution in [3.8, 4) is 0 Å². The fourth-order valence-electron chi connectivity index (χ4n) is 3.02. The monoisotopic (exact) mass is 247 g/mol. The van der Waals surface area contributed by atoms with Crippen molar-refractivity contribution < 1.29 is 0 Å². The van der Waals surface area contributed by atoms with Crippen molar-refractivity contribution in [2.45, 2.75) is 39.7 Å². The Labute approximate surface area is 111 Å². The molecule has 100 valence electrons. The van der Waals surface area contributed by atoms with Crippen LogP contribution in [-0.2, 0) is 6.54 Å². The SMILES string of the molecule is CCC1(CC)CCN(Cc2cccnc2NC)C1. The van der Waals surface area contributed by atoms with Crippen molar-refractivity contribution in [2.75, 3.05) is 25.5 Å². The summed E-state index contributed by atoms with van der Waals surface area (Å²) in [5.74, 6) is 1.02. The third kappa shape index (κ3) is 2.66. The van der Waals surface area contributed by atoms with Gasteiger partial charge in [0.05, 0.1) is 0 Å². The largest absolute Gasteiger partial charge is 0.373 e. The van der Waals surface area contributed by atoms with Crippen molar-refractivity contribution in [3.05, 3.63) is 23.9 Å². The average molecular weight is 247 g/mol. The summed E-state index contributed by atoms with van der Waals surface area (Å²) in [4.78, 5) is 6.95. The second-order valence-corrected chi connectivity index (χ2v) is 5.43. The first-order chi connectivity index (χ1) is 8.73. The minimum Gasteiger partial charge on any atom is -0.373 e. The molecule has 2 heterocycles. The lowest BCUT2D eigenvalue weighted by Gasteiger charge is -2.26. The predicted molar refractivity (Wildman–Crippen MR) is 76.7 cm³/mol. The summed E-state index contributed by atoms with van der Waals surface area (Å²) in [6.45, 7) is 8.13. The van der Waals surface area contributed by atoms with Crippen LogP contribution in [0.1, 0.15) is 38.7 Å². The van der Waals surface area contributed by atoms with Crippen molar-refractivity contribution in [3.63, 3.8) is 0 Å². The molecule has 1 N–H and O–H groups in total. The van der Waals surface area contributed by atoms with Gasteiger partial charge in [-0.3, -0.25) is 4.90 Å². The molecule has 1 saturated heterocycles. The van der Waals surface area contributed by atoms with Crippen molar-refractivity contribution in [1.29, 1.82) is 0 Å². The summed E-state index contributed by atoms with van der Waals surface area (Å²) in [5, 5.41) is 3.18. The summed E-state index contributed by atoms with van der Waals surface area (Å²) in [6.07, 6.45) is 5.79. The van der Waals surface area contributed by atoms with Crippen LogP contribution in [0.25, 0.3) is 0 Å². The van der Waals surface area contributed by atoms with Crippen LogP contribution in [0.5, 0.6) is 0 Å². The molecule has 3 heteroatoms. The van der Waals surface area contributed by atoms with Crippen molar-refractivity contribution in [2.24, 2.45) is 5.41 Å². The topological polar surface area (TPSA) is 28.2 Å². The zero-order chi connectivity index (χ0) is 13.0. The standard InChI is InChI=1S/C15H25N3/c1-4-15(5-2)8-10-18(12-15)11-13-7-6-9-17-14(13)16-3/h6-7,9H,4-5,8,10-12H2,1-3H3,(H,16,17). The maximum absolute atomic E-state index is 4.38. The first-order valence-electron chi connectivity index (χ1n) is 7.07. The third-order valence-corrected chi connectivity index (χ3v) is 4.54. The molecule has 1 fully saturated rings. The number of nitrogens with one attached hydrogen (secondary N) is 1. The summed E-state index contributed by atoms with van der Waals surface area (Å²) in [7, 11) is 1.94. The molecular formula is C15H25N3. The van der Waals surface area contributed by atoms with E-state index in [9.17, 15) is 0 Å². The van der Waals surface area contributed by atoms with Gasteiger partial charge >= 0.3 is 0 Å². The van der Waals surface area contributed by atoms with Crippen LogP contribution >= 0.6 is 0 Å². The average Bonchev–Trinajstić information content (AvgIpc) is 2.83. The van der Waals surface area contributed by atoms with Gasteiger partial charge in [-0.1, -0.05) is 19.9 Å². The molecule has 1 aliphatic rings. The Morgan fingerprint density at radius 3 is 2.78 bits per heavy atom. The highest BCUT2D eigenvalue weighted by Gasteiger charge is 2.34. The lowest BCUT2D eigenvalue weighted by atomic mass is 9.82. The normalized spacial score (nSPS) is 19.1. The quantitative estimate of drug-likeness (QED) is 0.866. The smallest absolute Gasteiger partial charge is 0.130 e. The third-order valence-electron chi connectivity index (χ3n) is 4.54. The fraction of sp³-hybridized carbons (Fsp3) is 0.667. The number of aromatic nitrogens is 1. The number of likely N-dealkylation sites (tertiary alicyclic amines) is 1. The molecule has 0 unspecified atom stereocenters. The predicted octanol–water partition coefficient (Wildman–Crippen LogP) is 3.14. The summed E-state index contributed by atoms with van der Waals surface area (Å²) in [5.41, 5.74) is 1.87. The van der Waals surface area contributed by atoms with Crippen molar-refractivity contribution in [1.82, 2.24) is 9.88 Å². The van der Waals surface area contributed by atoms with Crippen LogP contribution in [-0.4, -0.2) is 30.0 Å². The summed E-state index contributed by atoms with van der Waals surface area (Å²) in [6, 6.07) is 4.20. The number of nitrogens with zero attached hydrogens (tertiary/aromatic N) is 2. The molecule has 0 radical (unpaired) electrons. The summed E-state index contributed by atoms with van der Waals surface area (Å²) >= 11 is 0. The first-order valence-corrected chi connectivity index (χ1v) is 7.07. The Hall–Kier alpha value is -1.09. The molecule has 0 aromatic carbocycles. The number of pyridine rings is 1. The Balaban J connectivity index is 2.03. The van der Waals surface area contributed by atoms with Gasteiger partial charge in [0.15, 0.2) is 0 Å². The van der Waals surface area contributed by atoms with Gasteiger partial charge in [0, 0.05) is 31.9 Å². The Morgan fingerprint density at radius 1 is 1.39 bits per heavy atom. The van der Waals surface area contributed by atoms with Crippen molar-refractivity contribution >= 4 is 5.82 Å². The van der Waals surface area contributed by atoms with E-state index in [0.29, 0.717) is 5.41 Å². The number of hydrogen-bond donors (Lipinski definition) is 1. The second kappa shape index (κ2) is 5.70. The minimum atomic E-state index is 0.558. The van der Waals surface area contributed by atoms with E-state index in [1.165, 1.54) is 37.9 Å². The molecule has 1 aromatic rings. The van der Waals surface area contributed by atoms with Crippen LogP contribution < -0.4 is 5.32 Å². The number of rotatable bonds is 5. The highest BCUT2D eigenvalue weighted by atomic mass is 15.2. The summed E-state index contributed by atoms with van der Waals surface area (Å²) < 4.78 is 0. The molecular weight excluding hydrogens is 222 g/mol. The van der Waals surface area contributed by atoms with E-state index in [1.54, 1.807) is 0 Å². The zero-order valence-electron chi connectivity index (χ0n) is 11.9. The Bertz CT molecular complexity index is 385. The van der Waals surface area contributed by atoms with Crippen LogP contribution in [0.15, 0.2) is 18.3 Å². The number of anilines is 1. The van der Waals surface area contributed by atoms with Gasteiger partial charge in [-0.25, -0.2) is 4.98 Å². The van der Waals surface area contributed by atoms with Gasteiger partial charge in [-0.2, -0.15) is 0 Å². The second-order valence-electron chi connectivity index (χ2n) is 5.43. The van der Waals surface area contributed by atoms with E-state index < -0.39 is 0 Å². The highest BCUT2D eigenvalue weighted by molar-refractivity contribution is 5.42. The minimum absolute atomic E-state index is 0.558. The molecule has 0 spiro atoms. The molecule has 18 heavy (non-hydrogen) atoms. The van der Waals surface area contributed by atoms with E-state index in [1.807, 2.05) is 19.3 Å². The molecule has 1 aliphatic heterocycles.